The molecule has 0 amide bonds. The largest absolute Gasteiger partial charge is 0.326 e. The summed E-state index contributed by atoms with van der Waals surface area (Å²) in [6.07, 6.45) is 0. The number of hydrogen-bond donors (Lipinski definition) is 2. The topological polar surface area (TPSA) is 58.0 Å². The zero-order valence-corrected chi connectivity index (χ0v) is 19.3. The Labute approximate surface area is 201 Å². The minimum Gasteiger partial charge on any atom is -0.326 e. The summed E-state index contributed by atoms with van der Waals surface area (Å²) >= 11 is 5.75. The summed E-state index contributed by atoms with van der Waals surface area (Å²) < 4.78 is 2.46. The van der Waals surface area contributed by atoms with Gasteiger partial charge in [-0.15, -0.1) is 5.10 Å². The van der Waals surface area contributed by atoms with Crippen LogP contribution in [0.4, 0.5) is 11.6 Å². The van der Waals surface area contributed by atoms with Crippen LogP contribution >= 0.6 is 12.2 Å². The van der Waals surface area contributed by atoms with Gasteiger partial charge < -0.3 is 10.3 Å². The number of fused-ring (bicyclic) bond motifs is 3. The van der Waals surface area contributed by atoms with Gasteiger partial charge in [0, 0.05) is 11.3 Å². The third kappa shape index (κ3) is 3.64. The molecule has 0 bridgehead atoms. The smallest absolute Gasteiger partial charge is 0.207 e. The highest BCUT2D eigenvalue weighted by Crippen LogP contribution is 2.32. The Bertz CT molecular complexity index is 1690. The van der Waals surface area contributed by atoms with Crippen molar-refractivity contribution in [3.8, 4) is 22.4 Å². The first-order chi connectivity index (χ1) is 16.7. The molecular weight excluding hydrogens is 438 g/mol. The first kappa shape index (κ1) is 20.3. The minimum absolute atomic E-state index is 0.502. The van der Waals surface area contributed by atoms with Gasteiger partial charge in [-0.1, -0.05) is 90.6 Å². The van der Waals surface area contributed by atoms with Crippen LogP contribution < -0.4 is 5.32 Å². The third-order valence-electron chi connectivity index (χ3n) is 5.89. The van der Waals surface area contributed by atoms with Crippen molar-refractivity contribution in [2.75, 3.05) is 5.32 Å². The molecule has 6 heteroatoms. The van der Waals surface area contributed by atoms with Crippen LogP contribution in [0.3, 0.4) is 0 Å². The normalized spacial score (nSPS) is 11.2. The van der Waals surface area contributed by atoms with Gasteiger partial charge in [0.2, 0.25) is 5.95 Å². The molecular formula is C28H21N5S. The number of aromatic nitrogens is 4. The van der Waals surface area contributed by atoms with E-state index in [9.17, 15) is 0 Å². The summed E-state index contributed by atoms with van der Waals surface area (Å²) in [6.45, 7) is 2.06. The molecule has 3 aromatic heterocycles. The Hall–Kier alpha value is -4.29. The van der Waals surface area contributed by atoms with Gasteiger partial charge in [0.1, 0.15) is 4.64 Å². The van der Waals surface area contributed by atoms with E-state index >= 15 is 0 Å². The van der Waals surface area contributed by atoms with Crippen LogP contribution in [0, 0.1) is 11.6 Å². The Kier molecular flexibility index (Phi) is 4.93. The summed E-state index contributed by atoms with van der Waals surface area (Å²) in [5.74, 6) is 0.564. The number of hydrogen-bond acceptors (Lipinski definition) is 4. The van der Waals surface area contributed by atoms with E-state index in [1.54, 1.807) is 0 Å². The van der Waals surface area contributed by atoms with E-state index in [1.807, 2.05) is 53.0 Å². The fraction of sp³-hybridized carbons (Fsp3) is 0.0357. The van der Waals surface area contributed by atoms with Crippen molar-refractivity contribution >= 4 is 40.4 Å². The standard InChI is InChI=1S/C28H21N5S/c1-18-12-14-22(15-13-18)29-28-30-26-25(27(34)31-28)24-17-21(19-8-4-2-5-9-19)16-23(33(24)32-26)20-10-6-3-7-11-20/h2-17H,1H3,(H2,29,30,31,32,34). The van der Waals surface area contributed by atoms with E-state index in [-0.39, 0.29) is 0 Å². The molecule has 164 valence electrons. The quantitative estimate of drug-likeness (QED) is 0.271. The molecule has 3 aromatic carbocycles. The van der Waals surface area contributed by atoms with E-state index in [2.05, 4.69) is 70.7 Å². The monoisotopic (exact) mass is 459 g/mol. The third-order valence-corrected chi connectivity index (χ3v) is 6.18. The average Bonchev–Trinajstić information content (AvgIpc) is 3.25. The molecule has 0 fully saturated rings. The van der Waals surface area contributed by atoms with Crippen molar-refractivity contribution < 1.29 is 0 Å². The number of aryl methyl sites for hydroxylation is 1. The number of pyridine rings is 1. The van der Waals surface area contributed by atoms with E-state index in [1.165, 1.54) is 5.56 Å². The van der Waals surface area contributed by atoms with Gasteiger partial charge in [-0.3, -0.25) is 0 Å². The van der Waals surface area contributed by atoms with Gasteiger partial charge in [0.25, 0.3) is 0 Å². The van der Waals surface area contributed by atoms with Crippen molar-refractivity contribution in [2.24, 2.45) is 0 Å². The van der Waals surface area contributed by atoms with Crippen LogP contribution in [0.5, 0.6) is 0 Å². The van der Waals surface area contributed by atoms with Crippen LogP contribution in [0.1, 0.15) is 5.56 Å². The van der Waals surface area contributed by atoms with E-state index < -0.39 is 0 Å². The van der Waals surface area contributed by atoms with Crippen LogP contribution in [0.2, 0.25) is 0 Å². The van der Waals surface area contributed by atoms with Gasteiger partial charge in [-0.25, -0.2) is 9.50 Å². The first-order valence-corrected chi connectivity index (χ1v) is 11.5. The van der Waals surface area contributed by atoms with Gasteiger partial charge in [0.05, 0.1) is 16.6 Å². The van der Waals surface area contributed by atoms with Crippen LogP contribution in [-0.2, 0) is 0 Å². The highest BCUT2D eigenvalue weighted by atomic mass is 32.1. The minimum atomic E-state index is 0.502. The molecule has 5 nitrogen and oxygen atoms in total. The zero-order valence-electron chi connectivity index (χ0n) is 18.5. The lowest BCUT2D eigenvalue weighted by atomic mass is 10.0. The molecule has 2 N–H and O–H groups in total. The molecule has 0 aliphatic rings. The van der Waals surface area contributed by atoms with Gasteiger partial charge in [0.15, 0.2) is 5.65 Å². The first-order valence-electron chi connectivity index (χ1n) is 11.1. The number of rotatable bonds is 4. The number of H-pyrrole nitrogens is 1. The molecule has 0 radical (unpaired) electrons. The maximum Gasteiger partial charge on any atom is 0.207 e. The van der Waals surface area contributed by atoms with E-state index in [0.29, 0.717) is 16.2 Å². The molecule has 3 heterocycles. The molecule has 0 saturated carbocycles. The predicted octanol–water partition coefficient (Wildman–Crippen LogP) is 7.33. The number of aromatic amines is 1. The summed E-state index contributed by atoms with van der Waals surface area (Å²) in [5, 5.41) is 9.06. The fourth-order valence-electron chi connectivity index (χ4n) is 4.19. The Balaban J connectivity index is 1.58. The molecule has 0 atom stereocenters. The SMILES string of the molecule is Cc1ccc(Nc2nc(=S)c3c(nn4c(-c5ccccc5)cc(-c5ccccc5)cc34)[nH]2)cc1. The second kappa shape index (κ2) is 8.24. The number of nitrogens with zero attached hydrogens (tertiary/aromatic N) is 3. The van der Waals surface area contributed by atoms with Gasteiger partial charge in [-0.2, -0.15) is 0 Å². The Morgan fingerprint density at radius 1 is 0.794 bits per heavy atom. The molecule has 0 unspecified atom stereocenters. The highest BCUT2D eigenvalue weighted by Gasteiger charge is 2.16. The second-order valence-corrected chi connectivity index (χ2v) is 8.65. The molecule has 0 aliphatic carbocycles. The van der Waals surface area contributed by atoms with E-state index in [0.717, 1.165) is 39.0 Å². The summed E-state index contributed by atoms with van der Waals surface area (Å²) in [7, 11) is 0. The molecule has 34 heavy (non-hydrogen) atoms. The predicted molar refractivity (Wildman–Crippen MR) is 141 cm³/mol. The number of benzene rings is 3. The molecule has 0 aliphatic heterocycles. The van der Waals surface area contributed by atoms with Crippen LogP contribution in [0.15, 0.2) is 97.1 Å². The summed E-state index contributed by atoms with van der Waals surface area (Å²) in [6, 6.07) is 33.1. The van der Waals surface area contributed by atoms with Gasteiger partial charge >= 0.3 is 0 Å². The van der Waals surface area contributed by atoms with Gasteiger partial charge in [-0.05, 0) is 42.3 Å². The highest BCUT2D eigenvalue weighted by molar-refractivity contribution is 7.71. The maximum absolute atomic E-state index is 5.75. The maximum atomic E-state index is 5.75. The van der Waals surface area contributed by atoms with Crippen LogP contribution in [-0.4, -0.2) is 19.6 Å². The molecule has 6 aromatic rings. The number of anilines is 2. The van der Waals surface area contributed by atoms with Crippen LogP contribution in [0.25, 0.3) is 38.9 Å². The molecule has 0 saturated heterocycles. The zero-order chi connectivity index (χ0) is 23.1. The van der Waals surface area contributed by atoms with E-state index in [4.69, 9.17) is 17.3 Å². The second-order valence-electron chi connectivity index (χ2n) is 8.26. The van der Waals surface area contributed by atoms with Crippen molar-refractivity contribution in [2.45, 2.75) is 6.92 Å². The van der Waals surface area contributed by atoms with Crippen molar-refractivity contribution in [1.82, 2.24) is 19.6 Å². The lowest BCUT2D eigenvalue weighted by molar-refractivity contribution is 0.978. The van der Waals surface area contributed by atoms with Crippen molar-refractivity contribution in [3.63, 3.8) is 0 Å². The lowest BCUT2D eigenvalue weighted by Crippen LogP contribution is -1.97. The summed E-state index contributed by atoms with van der Waals surface area (Å²) in [4.78, 5) is 7.98. The summed E-state index contributed by atoms with van der Waals surface area (Å²) in [5.41, 5.74) is 8.05. The fourth-order valence-corrected chi connectivity index (χ4v) is 4.48. The molecule has 6 rings (SSSR count). The van der Waals surface area contributed by atoms with Crippen molar-refractivity contribution in [3.05, 3.63) is 107 Å². The number of nitrogens with one attached hydrogen (secondary N) is 2. The lowest BCUT2D eigenvalue weighted by Gasteiger charge is -2.09. The average molecular weight is 460 g/mol. The Morgan fingerprint density at radius 2 is 1.47 bits per heavy atom. The van der Waals surface area contributed by atoms with Crippen molar-refractivity contribution in [1.29, 1.82) is 0 Å². The molecule has 0 spiro atoms. The Morgan fingerprint density at radius 3 is 2.18 bits per heavy atom.